The number of aromatic nitrogens is 1. The summed E-state index contributed by atoms with van der Waals surface area (Å²) in [5, 5.41) is 12.0. The molecule has 6 heteroatoms. The number of nitrogens with one attached hydrogen (secondary N) is 1. The Bertz CT molecular complexity index is 544. The first-order chi connectivity index (χ1) is 9.21. The van der Waals surface area contributed by atoms with Gasteiger partial charge in [-0.2, -0.15) is 18.4 Å². The van der Waals surface area contributed by atoms with E-state index in [1.165, 1.54) is 0 Å². The molecule has 1 saturated carbocycles. The topological polar surface area (TPSA) is 48.7 Å². The lowest BCUT2D eigenvalue weighted by molar-refractivity contribution is -0.141. The van der Waals surface area contributed by atoms with E-state index in [0.717, 1.165) is 31.4 Å². The van der Waals surface area contributed by atoms with Gasteiger partial charge < -0.3 is 5.32 Å². The SMILES string of the molecule is CC1(C)CCC(Nc2nc(C(F)(F)F)ccc2C#N)C1. The zero-order chi connectivity index (χ0) is 15.0. The number of anilines is 1. The highest BCUT2D eigenvalue weighted by atomic mass is 19.4. The van der Waals surface area contributed by atoms with Crippen molar-refractivity contribution in [3.63, 3.8) is 0 Å². The summed E-state index contributed by atoms with van der Waals surface area (Å²) < 4.78 is 38.0. The standard InChI is InChI=1S/C14H16F3N3/c1-13(2)6-5-10(7-13)19-12-9(8-18)3-4-11(20-12)14(15,16)17/h3-4,10H,5-7H2,1-2H3,(H,19,20). The number of hydrogen-bond acceptors (Lipinski definition) is 3. The second-order valence-corrected chi connectivity index (χ2v) is 5.95. The molecule has 108 valence electrons. The van der Waals surface area contributed by atoms with Crippen molar-refractivity contribution in [3.8, 4) is 6.07 Å². The van der Waals surface area contributed by atoms with E-state index in [9.17, 15) is 13.2 Å². The van der Waals surface area contributed by atoms with Gasteiger partial charge in [-0.1, -0.05) is 13.8 Å². The number of rotatable bonds is 2. The van der Waals surface area contributed by atoms with Crippen LogP contribution in [0.25, 0.3) is 0 Å². The number of pyridine rings is 1. The average Bonchev–Trinajstić information content (AvgIpc) is 2.67. The smallest absolute Gasteiger partial charge is 0.366 e. The Morgan fingerprint density at radius 2 is 2.10 bits per heavy atom. The molecule has 0 amide bonds. The molecule has 1 fully saturated rings. The van der Waals surface area contributed by atoms with E-state index in [1.54, 1.807) is 0 Å². The third-order valence-corrected chi connectivity index (χ3v) is 3.62. The molecule has 2 rings (SSSR count). The quantitative estimate of drug-likeness (QED) is 0.893. The zero-order valence-corrected chi connectivity index (χ0v) is 11.4. The minimum absolute atomic E-state index is 0.0324. The Morgan fingerprint density at radius 3 is 2.60 bits per heavy atom. The summed E-state index contributed by atoms with van der Waals surface area (Å²) in [7, 11) is 0. The van der Waals surface area contributed by atoms with Crippen LogP contribution in [0.5, 0.6) is 0 Å². The molecule has 1 aliphatic carbocycles. The van der Waals surface area contributed by atoms with Crippen LogP contribution in [0, 0.1) is 16.7 Å². The van der Waals surface area contributed by atoms with Crippen molar-refractivity contribution in [2.75, 3.05) is 5.32 Å². The molecular weight excluding hydrogens is 267 g/mol. The first-order valence-corrected chi connectivity index (χ1v) is 6.46. The first kappa shape index (κ1) is 14.6. The minimum atomic E-state index is -4.50. The monoisotopic (exact) mass is 283 g/mol. The van der Waals surface area contributed by atoms with E-state index in [1.807, 2.05) is 6.07 Å². The highest BCUT2D eigenvalue weighted by Crippen LogP contribution is 2.38. The maximum absolute atomic E-state index is 12.7. The molecule has 1 aromatic rings. The van der Waals surface area contributed by atoms with Gasteiger partial charge in [-0.05, 0) is 36.8 Å². The van der Waals surface area contributed by atoms with Crippen LogP contribution in [0.3, 0.4) is 0 Å². The van der Waals surface area contributed by atoms with E-state index in [0.29, 0.717) is 0 Å². The molecule has 3 nitrogen and oxygen atoms in total. The molecule has 1 aromatic heterocycles. The van der Waals surface area contributed by atoms with Crippen molar-refractivity contribution in [2.45, 2.75) is 45.3 Å². The number of alkyl halides is 3. The number of nitrogens with zero attached hydrogens (tertiary/aromatic N) is 2. The van der Waals surface area contributed by atoms with E-state index in [4.69, 9.17) is 5.26 Å². The number of nitriles is 1. The highest BCUT2D eigenvalue weighted by Gasteiger charge is 2.34. The molecular formula is C14H16F3N3. The van der Waals surface area contributed by atoms with Gasteiger partial charge in [0.25, 0.3) is 0 Å². The lowest BCUT2D eigenvalue weighted by atomic mass is 9.92. The van der Waals surface area contributed by atoms with Crippen molar-refractivity contribution < 1.29 is 13.2 Å². The largest absolute Gasteiger partial charge is 0.433 e. The fourth-order valence-electron chi connectivity index (χ4n) is 2.57. The fraction of sp³-hybridized carbons (Fsp3) is 0.571. The van der Waals surface area contributed by atoms with Crippen LogP contribution in [-0.2, 0) is 6.18 Å². The molecule has 1 unspecified atom stereocenters. The lowest BCUT2D eigenvalue weighted by Gasteiger charge is -2.19. The number of hydrogen-bond donors (Lipinski definition) is 1. The second-order valence-electron chi connectivity index (χ2n) is 5.95. The molecule has 0 aliphatic heterocycles. The predicted molar refractivity (Wildman–Crippen MR) is 69.0 cm³/mol. The van der Waals surface area contributed by atoms with Crippen LogP contribution in [0.15, 0.2) is 12.1 Å². The Balaban J connectivity index is 2.24. The van der Waals surface area contributed by atoms with Gasteiger partial charge in [0.1, 0.15) is 17.6 Å². The van der Waals surface area contributed by atoms with Gasteiger partial charge in [-0.15, -0.1) is 0 Å². The van der Waals surface area contributed by atoms with E-state index in [2.05, 4.69) is 24.1 Å². The van der Waals surface area contributed by atoms with Crippen LogP contribution in [0.4, 0.5) is 19.0 Å². The van der Waals surface area contributed by atoms with Crippen molar-refractivity contribution >= 4 is 5.82 Å². The van der Waals surface area contributed by atoms with Crippen molar-refractivity contribution in [2.24, 2.45) is 5.41 Å². The Labute approximate surface area is 115 Å². The van der Waals surface area contributed by atoms with Crippen molar-refractivity contribution in [3.05, 3.63) is 23.4 Å². The molecule has 0 aromatic carbocycles. The normalized spacial score (nSPS) is 21.5. The molecule has 0 radical (unpaired) electrons. The summed E-state index contributed by atoms with van der Waals surface area (Å²) >= 11 is 0. The minimum Gasteiger partial charge on any atom is -0.366 e. The van der Waals surface area contributed by atoms with Crippen molar-refractivity contribution in [1.29, 1.82) is 5.26 Å². The Morgan fingerprint density at radius 1 is 1.40 bits per heavy atom. The summed E-state index contributed by atoms with van der Waals surface area (Å²) in [6, 6.07) is 3.94. The number of halogens is 3. The van der Waals surface area contributed by atoms with Gasteiger partial charge in [0, 0.05) is 6.04 Å². The van der Waals surface area contributed by atoms with Gasteiger partial charge >= 0.3 is 6.18 Å². The first-order valence-electron chi connectivity index (χ1n) is 6.46. The molecule has 0 saturated heterocycles. The van der Waals surface area contributed by atoms with Gasteiger partial charge in [-0.3, -0.25) is 0 Å². The third-order valence-electron chi connectivity index (χ3n) is 3.62. The third kappa shape index (κ3) is 3.21. The van der Waals surface area contributed by atoms with E-state index >= 15 is 0 Å². The molecule has 20 heavy (non-hydrogen) atoms. The molecule has 1 atom stereocenters. The highest BCUT2D eigenvalue weighted by molar-refractivity contribution is 5.53. The van der Waals surface area contributed by atoms with Crippen LogP contribution >= 0.6 is 0 Å². The van der Waals surface area contributed by atoms with Crippen LogP contribution in [0.1, 0.15) is 44.4 Å². The van der Waals surface area contributed by atoms with Gasteiger partial charge in [0.15, 0.2) is 0 Å². The van der Waals surface area contributed by atoms with Crippen LogP contribution < -0.4 is 5.32 Å². The van der Waals surface area contributed by atoms with E-state index in [-0.39, 0.29) is 22.8 Å². The fourth-order valence-corrected chi connectivity index (χ4v) is 2.57. The molecule has 1 N–H and O–H groups in total. The van der Waals surface area contributed by atoms with Gasteiger partial charge in [-0.25, -0.2) is 4.98 Å². The predicted octanol–water partition coefficient (Wildman–Crippen LogP) is 3.96. The van der Waals surface area contributed by atoms with Crippen molar-refractivity contribution in [1.82, 2.24) is 4.98 Å². The summed E-state index contributed by atoms with van der Waals surface area (Å²) in [4.78, 5) is 3.57. The molecule has 1 aliphatic rings. The lowest BCUT2D eigenvalue weighted by Crippen LogP contribution is -2.20. The maximum Gasteiger partial charge on any atom is 0.433 e. The average molecular weight is 283 g/mol. The zero-order valence-electron chi connectivity index (χ0n) is 11.4. The Hall–Kier alpha value is -1.77. The summed E-state index contributed by atoms with van der Waals surface area (Å²) in [6.07, 6.45) is -1.77. The second kappa shape index (κ2) is 4.97. The van der Waals surface area contributed by atoms with E-state index < -0.39 is 11.9 Å². The summed E-state index contributed by atoms with van der Waals surface area (Å²) in [5.74, 6) is 0.0324. The van der Waals surface area contributed by atoms with Crippen LogP contribution in [-0.4, -0.2) is 11.0 Å². The summed E-state index contributed by atoms with van der Waals surface area (Å²) in [6.45, 7) is 4.25. The summed E-state index contributed by atoms with van der Waals surface area (Å²) in [5.41, 5.74) is -0.662. The van der Waals surface area contributed by atoms with Gasteiger partial charge in [0.05, 0.1) is 5.56 Å². The molecule has 0 spiro atoms. The molecule has 1 heterocycles. The maximum atomic E-state index is 12.7. The molecule has 0 bridgehead atoms. The Kier molecular flexibility index (Phi) is 3.63. The van der Waals surface area contributed by atoms with Crippen LogP contribution in [0.2, 0.25) is 0 Å². The van der Waals surface area contributed by atoms with Gasteiger partial charge in [0.2, 0.25) is 0 Å².